The second-order valence-electron chi connectivity index (χ2n) is 17.5. The van der Waals surface area contributed by atoms with E-state index in [0.717, 1.165) is 68.6 Å². The largest absolute Gasteiger partial charge is 0.481 e. The number of hydrogen-bond donors (Lipinski definition) is 5. The zero-order valence-electron chi connectivity index (χ0n) is 40.5. The first kappa shape index (κ1) is 59.7. The van der Waals surface area contributed by atoms with Crippen molar-refractivity contribution in [1.82, 2.24) is 9.55 Å². The number of esters is 2. The number of carbonyl (C=O) groups is 2. The summed E-state index contributed by atoms with van der Waals surface area (Å²) in [4.78, 5) is 61.7. The number of nitrogens with zero attached hydrogens (tertiary/aromatic N) is 2. The van der Waals surface area contributed by atoms with Gasteiger partial charge in [-0.25, -0.2) is 13.9 Å². The van der Waals surface area contributed by atoms with Gasteiger partial charge < -0.3 is 44.7 Å². The number of anilines is 1. The van der Waals surface area contributed by atoms with Gasteiger partial charge in [0, 0.05) is 19.0 Å². The van der Waals surface area contributed by atoms with Crippen LogP contribution >= 0.6 is 15.6 Å². The number of allylic oxidation sites excluding steroid dienone is 8. The summed E-state index contributed by atoms with van der Waals surface area (Å²) in [7, 11) is -10.9. The van der Waals surface area contributed by atoms with E-state index in [1.165, 1.54) is 31.7 Å². The van der Waals surface area contributed by atoms with Crippen LogP contribution < -0.4 is 11.4 Å². The van der Waals surface area contributed by atoms with Crippen LogP contribution in [0.25, 0.3) is 0 Å². The highest BCUT2D eigenvalue weighted by Gasteiger charge is 2.46. The lowest BCUT2D eigenvalue weighted by atomic mass is 10.0. The molecule has 6 N–H and O–H groups in total. The van der Waals surface area contributed by atoms with Gasteiger partial charge >= 0.3 is 33.3 Å². The van der Waals surface area contributed by atoms with Crippen molar-refractivity contribution < 1.29 is 71.0 Å². The van der Waals surface area contributed by atoms with Gasteiger partial charge in [-0.05, 0) is 63.4 Å². The molecule has 21 heteroatoms. The highest BCUT2D eigenvalue weighted by Crippen LogP contribution is 2.60. The quantitative estimate of drug-likeness (QED) is 0.0137. The molecule has 69 heavy (non-hydrogen) atoms. The fourth-order valence-electron chi connectivity index (χ4n) is 7.09. The van der Waals surface area contributed by atoms with Gasteiger partial charge in [0.05, 0.1) is 25.4 Å². The Balaban J connectivity index is 1.42. The zero-order chi connectivity index (χ0) is 50.5. The van der Waals surface area contributed by atoms with Crippen molar-refractivity contribution in [3.8, 4) is 0 Å². The third-order valence-corrected chi connectivity index (χ3v) is 13.6. The first-order valence-electron chi connectivity index (χ1n) is 24.3. The van der Waals surface area contributed by atoms with E-state index in [4.69, 9.17) is 33.7 Å². The number of rotatable bonds is 37. The smallest absolute Gasteiger partial charge is 0.462 e. The highest BCUT2D eigenvalue weighted by atomic mass is 31.3. The molecule has 0 spiro atoms. The van der Waals surface area contributed by atoms with E-state index in [1.807, 2.05) is 18.2 Å². The van der Waals surface area contributed by atoms with Crippen LogP contribution in [0.4, 0.5) is 5.82 Å². The summed E-state index contributed by atoms with van der Waals surface area (Å²) in [5.41, 5.74) is 4.58. The van der Waals surface area contributed by atoms with Crippen molar-refractivity contribution >= 4 is 33.4 Å². The van der Waals surface area contributed by atoms with Crippen LogP contribution in [0.2, 0.25) is 0 Å². The van der Waals surface area contributed by atoms with Crippen molar-refractivity contribution in [3.05, 3.63) is 83.5 Å². The number of aliphatic hydroxyl groups excluding tert-OH is 2. The molecule has 2 aliphatic rings. The summed E-state index contributed by atoms with van der Waals surface area (Å²) < 4.78 is 62.2. The molecule has 1 aromatic rings. The number of nitrogens with two attached hydrogens (primary N) is 1. The van der Waals surface area contributed by atoms with E-state index in [0.29, 0.717) is 37.4 Å². The maximum atomic E-state index is 12.8. The molecule has 3 rings (SSSR count). The third kappa shape index (κ3) is 26.4. The minimum Gasteiger partial charge on any atom is -0.462 e. The molecule has 390 valence electrons. The molecule has 0 aliphatic carbocycles. The van der Waals surface area contributed by atoms with Crippen LogP contribution in [0.15, 0.2) is 77.8 Å². The molecule has 0 bridgehead atoms. The van der Waals surface area contributed by atoms with Crippen LogP contribution in [-0.4, -0.2) is 97.9 Å². The Morgan fingerprint density at radius 2 is 1.33 bits per heavy atom. The van der Waals surface area contributed by atoms with Crippen LogP contribution in [0.3, 0.4) is 0 Å². The van der Waals surface area contributed by atoms with Gasteiger partial charge in [-0.3, -0.25) is 23.2 Å². The Bertz CT molecular complexity index is 1970. The van der Waals surface area contributed by atoms with Gasteiger partial charge in [-0.2, -0.15) is 9.29 Å². The molecule has 9 atom stereocenters. The fourth-order valence-corrected chi connectivity index (χ4v) is 9.20. The maximum Gasteiger partial charge on any atom is 0.481 e. The maximum absolute atomic E-state index is 12.8. The number of aromatic nitrogens is 2. The highest BCUT2D eigenvalue weighted by molar-refractivity contribution is 7.61. The minimum atomic E-state index is -5.44. The van der Waals surface area contributed by atoms with Gasteiger partial charge in [0.1, 0.15) is 30.7 Å². The molecule has 3 heterocycles. The van der Waals surface area contributed by atoms with Crippen molar-refractivity contribution in [3.63, 3.8) is 0 Å². The molecule has 0 saturated carbocycles. The van der Waals surface area contributed by atoms with Gasteiger partial charge in [0.25, 0.3) is 0 Å². The number of phosphoric acid groups is 2. The molecule has 2 saturated heterocycles. The zero-order valence-corrected chi connectivity index (χ0v) is 42.2. The molecule has 0 amide bonds. The normalized spacial score (nSPS) is 22.9. The van der Waals surface area contributed by atoms with Crippen LogP contribution in [0, 0.1) is 5.92 Å². The lowest BCUT2D eigenvalue weighted by Crippen LogP contribution is -2.36. The predicted octanol–water partition coefficient (Wildman–Crippen LogP) is 8.40. The number of epoxide rings is 1. The standard InChI is InChI=1S/C48H77N3O16P2/c1-4-5-22-28-39-40(65-39)29-24-19-15-10-8-6-7-9-11-17-21-26-31-44(53)64-38(34-61-43(52)30-25-20-16-13-12-14-18-23-27-37(2)3)35-62-68(57,58)67-69(59,60)63-36-41-45(54)46(55)47(66-41)51-33-32-42(49)50-48(51)56/h5,7-10,17,19,21-22,24,32-33,37-41,45-47,54-55H,4,6,11-16,18,20,23,25-31,34-36H2,1-3H3,(H,57,58)(H,59,60)(H2,49,50,56)/b9-7-,10-8-,21-17-,22-5-,24-19-/t38-,39?,40?,41-,45-,46-,47-/m1/s1. The number of unbranched alkanes of at least 4 members (excludes halogenated alkanes) is 7. The predicted molar refractivity (Wildman–Crippen MR) is 260 cm³/mol. The monoisotopic (exact) mass is 1010 g/mol. The second kappa shape index (κ2) is 33.1. The van der Waals surface area contributed by atoms with Crippen LogP contribution in [-0.2, 0) is 51.0 Å². The minimum absolute atomic E-state index is 0.0802. The van der Waals surface area contributed by atoms with Crippen molar-refractivity contribution in [1.29, 1.82) is 0 Å². The summed E-state index contributed by atoms with van der Waals surface area (Å²) in [5, 5.41) is 20.9. The Morgan fingerprint density at radius 3 is 1.96 bits per heavy atom. The van der Waals surface area contributed by atoms with Crippen molar-refractivity contribution in [2.75, 3.05) is 25.6 Å². The van der Waals surface area contributed by atoms with Crippen molar-refractivity contribution in [2.45, 2.75) is 179 Å². The first-order valence-corrected chi connectivity index (χ1v) is 27.3. The van der Waals surface area contributed by atoms with Crippen LogP contribution in [0.5, 0.6) is 0 Å². The van der Waals surface area contributed by atoms with Crippen LogP contribution in [0.1, 0.15) is 143 Å². The lowest BCUT2D eigenvalue weighted by Gasteiger charge is -2.21. The molecular weight excluding hydrogens is 936 g/mol. The number of aliphatic hydroxyl groups is 2. The van der Waals surface area contributed by atoms with E-state index in [-0.39, 0.29) is 18.7 Å². The number of hydrogen-bond acceptors (Lipinski definition) is 16. The molecular formula is C48H77N3O16P2. The van der Waals surface area contributed by atoms with Gasteiger partial charge in [-0.1, -0.05) is 133 Å². The Labute approximate surface area is 407 Å². The second-order valence-corrected chi connectivity index (χ2v) is 20.5. The average Bonchev–Trinajstić information content (AvgIpc) is 3.98. The third-order valence-electron chi connectivity index (χ3n) is 11.0. The van der Waals surface area contributed by atoms with E-state index in [2.05, 4.69) is 66.5 Å². The molecule has 1 aromatic heterocycles. The molecule has 19 nitrogen and oxygen atoms in total. The molecule has 0 radical (unpaired) electrons. The molecule has 2 fully saturated rings. The van der Waals surface area contributed by atoms with Crippen molar-refractivity contribution in [2.24, 2.45) is 5.92 Å². The van der Waals surface area contributed by atoms with Gasteiger partial charge in [-0.15, -0.1) is 0 Å². The summed E-state index contributed by atoms with van der Waals surface area (Å²) in [6, 6.07) is 1.24. The van der Waals surface area contributed by atoms with Gasteiger partial charge in [0.2, 0.25) is 0 Å². The summed E-state index contributed by atoms with van der Waals surface area (Å²) in [5.74, 6) is -0.696. The van der Waals surface area contributed by atoms with E-state index >= 15 is 0 Å². The summed E-state index contributed by atoms with van der Waals surface area (Å²) in [6.07, 6.45) is 29.6. The van der Waals surface area contributed by atoms with Gasteiger partial charge in [0.15, 0.2) is 12.3 Å². The molecule has 4 unspecified atom stereocenters. The van der Waals surface area contributed by atoms with E-state index < -0.39 is 83.7 Å². The topological polar surface area (TPSA) is 278 Å². The average molecular weight is 1010 g/mol. The van der Waals surface area contributed by atoms with E-state index in [1.54, 1.807) is 6.08 Å². The molecule has 2 aliphatic heterocycles. The Morgan fingerprint density at radius 1 is 0.754 bits per heavy atom. The number of nitrogen functional groups attached to an aromatic ring is 1. The Kier molecular flexibility index (Phi) is 28.7. The first-order chi connectivity index (χ1) is 33.0. The molecule has 0 aromatic carbocycles. The SMILES string of the molecule is CC/C=C\CC1OC1C/C=C\C/C=C\C/C=C\C/C=C\CCC(=O)O[C@H](COC(=O)CCCCCCCCCCC(C)C)COP(=O)(O)OP(=O)(O)OC[C@H]1O[C@@H](n2ccc(N)nc2=O)[C@H](O)[C@@H]1O. The fraction of sp³-hybridized carbons (Fsp3) is 0.667. The summed E-state index contributed by atoms with van der Waals surface area (Å²) in [6.45, 7) is 4.19. The van der Waals surface area contributed by atoms with E-state index in [9.17, 15) is 43.5 Å². The number of phosphoric ester groups is 2. The Hall–Kier alpha value is -3.58. The lowest BCUT2D eigenvalue weighted by molar-refractivity contribution is -0.161. The number of carbonyl (C=O) groups excluding carboxylic acids is 2. The number of ether oxygens (including phenoxy) is 4. The summed E-state index contributed by atoms with van der Waals surface area (Å²) >= 11 is 0.